The normalized spacial score (nSPS) is 13.0. The summed E-state index contributed by atoms with van der Waals surface area (Å²) < 4.78 is 0. The van der Waals surface area contributed by atoms with Crippen molar-refractivity contribution in [2.45, 2.75) is 13.5 Å². The van der Waals surface area contributed by atoms with Crippen molar-refractivity contribution < 1.29 is 0 Å². The smallest absolute Gasteiger partial charge is 0.0733 e. The fourth-order valence-corrected chi connectivity index (χ4v) is 4.06. The highest BCUT2D eigenvalue weighted by molar-refractivity contribution is 6.07. The number of rotatable bonds is 4. The third-order valence-corrected chi connectivity index (χ3v) is 5.50. The molecule has 2 nitrogen and oxygen atoms in total. The van der Waals surface area contributed by atoms with Crippen LogP contribution in [0.25, 0.3) is 11.4 Å². The van der Waals surface area contributed by atoms with Gasteiger partial charge in [-0.2, -0.15) is 0 Å². The lowest BCUT2D eigenvalue weighted by Crippen LogP contribution is -2.28. The van der Waals surface area contributed by atoms with Crippen LogP contribution in [0, 0.1) is 6.92 Å². The third kappa shape index (κ3) is 3.48. The molecule has 4 aromatic carbocycles. The van der Waals surface area contributed by atoms with Gasteiger partial charge in [-0.1, -0.05) is 97.1 Å². The third-order valence-electron chi connectivity index (χ3n) is 5.50. The Labute approximate surface area is 178 Å². The monoisotopic (exact) mass is 388 g/mol. The number of nitrogens with zero attached hydrogens (tertiary/aromatic N) is 1. The summed E-state index contributed by atoms with van der Waals surface area (Å²) in [5, 5.41) is 3.74. The van der Waals surface area contributed by atoms with E-state index in [0.717, 1.165) is 17.9 Å². The molecule has 1 aliphatic heterocycles. The van der Waals surface area contributed by atoms with Gasteiger partial charge in [0.2, 0.25) is 0 Å². The van der Waals surface area contributed by atoms with Gasteiger partial charge in [0, 0.05) is 17.7 Å². The van der Waals surface area contributed by atoms with Crippen molar-refractivity contribution >= 4 is 22.8 Å². The van der Waals surface area contributed by atoms with Gasteiger partial charge in [-0.3, -0.25) is 0 Å². The molecular formula is C28H24N2. The molecule has 0 radical (unpaired) electrons. The van der Waals surface area contributed by atoms with E-state index in [9.17, 15) is 0 Å². The average molecular weight is 389 g/mol. The SMILES string of the molecule is Cc1ccc2c(c1)N(Cc1ccccc1)C(c1ccccc1)=C(c1ccccc1)N2. The van der Waals surface area contributed by atoms with E-state index in [1.165, 1.54) is 33.6 Å². The van der Waals surface area contributed by atoms with Gasteiger partial charge >= 0.3 is 0 Å². The second-order valence-corrected chi connectivity index (χ2v) is 7.67. The summed E-state index contributed by atoms with van der Waals surface area (Å²) in [4.78, 5) is 2.45. The molecule has 0 unspecified atom stereocenters. The highest BCUT2D eigenvalue weighted by atomic mass is 15.2. The number of nitrogens with one attached hydrogen (secondary N) is 1. The zero-order valence-electron chi connectivity index (χ0n) is 17.0. The number of hydrogen-bond acceptors (Lipinski definition) is 2. The van der Waals surface area contributed by atoms with E-state index in [-0.39, 0.29) is 0 Å². The molecule has 1 N–H and O–H groups in total. The highest BCUT2D eigenvalue weighted by Crippen LogP contribution is 2.43. The second kappa shape index (κ2) is 7.92. The standard InChI is InChI=1S/C28H24N2/c1-21-17-18-25-26(19-21)30(20-22-11-5-2-6-12-22)28(24-15-9-4-10-16-24)27(29-25)23-13-7-3-8-14-23/h2-19,29H,20H2,1H3. The van der Waals surface area contributed by atoms with Crippen LogP contribution in [0.2, 0.25) is 0 Å². The molecule has 0 amide bonds. The van der Waals surface area contributed by atoms with Crippen LogP contribution in [0.4, 0.5) is 11.4 Å². The van der Waals surface area contributed by atoms with E-state index in [0.29, 0.717) is 0 Å². The van der Waals surface area contributed by atoms with Gasteiger partial charge in [0.1, 0.15) is 0 Å². The van der Waals surface area contributed by atoms with E-state index in [1.807, 2.05) is 0 Å². The van der Waals surface area contributed by atoms with Gasteiger partial charge in [-0.15, -0.1) is 0 Å². The van der Waals surface area contributed by atoms with Gasteiger partial charge in [0.25, 0.3) is 0 Å². The minimum atomic E-state index is 0.805. The van der Waals surface area contributed by atoms with Gasteiger partial charge < -0.3 is 10.2 Å². The summed E-state index contributed by atoms with van der Waals surface area (Å²) in [5.74, 6) is 0. The maximum Gasteiger partial charge on any atom is 0.0733 e. The van der Waals surface area contributed by atoms with Crippen molar-refractivity contribution in [2.75, 3.05) is 10.2 Å². The Bertz CT molecular complexity index is 1180. The number of benzene rings is 4. The molecule has 0 saturated carbocycles. The Morgan fingerprint density at radius 2 is 1.27 bits per heavy atom. The van der Waals surface area contributed by atoms with Crippen LogP contribution in [0.15, 0.2) is 109 Å². The van der Waals surface area contributed by atoms with Gasteiger partial charge in [-0.25, -0.2) is 0 Å². The fourth-order valence-electron chi connectivity index (χ4n) is 4.06. The molecule has 0 aromatic heterocycles. The van der Waals surface area contributed by atoms with Crippen molar-refractivity contribution in [3.63, 3.8) is 0 Å². The number of fused-ring (bicyclic) bond motifs is 1. The second-order valence-electron chi connectivity index (χ2n) is 7.67. The van der Waals surface area contributed by atoms with E-state index in [1.54, 1.807) is 0 Å². The molecule has 0 saturated heterocycles. The lowest BCUT2D eigenvalue weighted by molar-refractivity contribution is 0.976. The van der Waals surface area contributed by atoms with Gasteiger partial charge in [-0.05, 0) is 30.2 Å². The summed E-state index contributed by atoms with van der Waals surface area (Å²) in [6.07, 6.45) is 0. The van der Waals surface area contributed by atoms with Crippen LogP contribution in [0.5, 0.6) is 0 Å². The number of hydrogen-bond donors (Lipinski definition) is 1. The first-order valence-corrected chi connectivity index (χ1v) is 10.3. The first kappa shape index (κ1) is 18.3. The molecule has 30 heavy (non-hydrogen) atoms. The molecule has 5 rings (SSSR count). The minimum absolute atomic E-state index is 0.805. The van der Waals surface area contributed by atoms with Crippen molar-refractivity contribution in [1.82, 2.24) is 0 Å². The number of anilines is 2. The summed E-state index contributed by atoms with van der Waals surface area (Å²) in [6, 6.07) is 38.6. The van der Waals surface area contributed by atoms with E-state index >= 15 is 0 Å². The van der Waals surface area contributed by atoms with Crippen molar-refractivity contribution in [3.8, 4) is 0 Å². The van der Waals surface area contributed by atoms with Crippen LogP contribution >= 0.6 is 0 Å². The summed E-state index contributed by atoms with van der Waals surface area (Å²) >= 11 is 0. The highest BCUT2D eigenvalue weighted by Gasteiger charge is 2.27. The maximum atomic E-state index is 3.74. The fraction of sp³-hybridized carbons (Fsp3) is 0.0714. The molecule has 1 heterocycles. The molecule has 0 fully saturated rings. The molecule has 1 aliphatic rings. The Morgan fingerprint density at radius 1 is 0.667 bits per heavy atom. The molecule has 0 aliphatic carbocycles. The predicted octanol–water partition coefficient (Wildman–Crippen LogP) is 6.95. The molecule has 146 valence electrons. The molecule has 2 heteroatoms. The topological polar surface area (TPSA) is 15.3 Å². The van der Waals surface area contributed by atoms with Crippen molar-refractivity contribution in [2.24, 2.45) is 0 Å². The molecule has 0 bridgehead atoms. The molecular weight excluding hydrogens is 364 g/mol. The van der Waals surface area contributed by atoms with E-state index in [4.69, 9.17) is 0 Å². The van der Waals surface area contributed by atoms with E-state index in [2.05, 4.69) is 126 Å². The Balaban J connectivity index is 1.75. The van der Waals surface area contributed by atoms with Crippen LogP contribution in [0.1, 0.15) is 22.3 Å². The first-order valence-electron chi connectivity index (χ1n) is 10.3. The maximum absolute atomic E-state index is 3.74. The van der Waals surface area contributed by atoms with E-state index < -0.39 is 0 Å². The zero-order chi connectivity index (χ0) is 20.3. The van der Waals surface area contributed by atoms with Crippen LogP contribution in [0.3, 0.4) is 0 Å². The Kier molecular flexibility index (Phi) is 4.82. The average Bonchev–Trinajstić information content (AvgIpc) is 2.81. The quantitative estimate of drug-likeness (QED) is 0.407. The van der Waals surface area contributed by atoms with Crippen LogP contribution in [-0.4, -0.2) is 0 Å². The summed E-state index contributed by atoms with van der Waals surface area (Å²) in [7, 11) is 0. The summed E-state index contributed by atoms with van der Waals surface area (Å²) in [5.41, 5.74) is 9.59. The lowest BCUT2D eigenvalue weighted by atomic mass is 9.98. The van der Waals surface area contributed by atoms with Crippen LogP contribution in [-0.2, 0) is 6.54 Å². The summed E-state index contributed by atoms with van der Waals surface area (Å²) in [6.45, 7) is 2.96. The number of aryl methyl sites for hydroxylation is 1. The largest absolute Gasteiger partial charge is 0.352 e. The predicted molar refractivity (Wildman–Crippen MR) is 127 cm³/mol. The Hall–Kier alpha value is -3.78. The lowest BCUT2D eigenvalue weighted by Gasteiger charge is -2.37. The first-order chi connectivity index (χ1) is 14.8. The molecule has 0 atom stereocenters. The van der Waals surface area contributed by atoms with Crippen molar-refractivity contribution in [1.29, 1.82) is 0 Å². The van der Waals surface area contributed by atoms with Crippen molar-refractivity contribution in [3.05, 3.63) is 131 Å². The van der Waals surface area contributed by atoms with Gasteiger partial charge in [0.15, 0.2) is 0 Å². The molecule has 0 spiro atoms. The van der Waals surface area contributed by atoms with Crippen LogP contribution < -0.4 is 10.2 Å². The van der Waals surface area contributed by atoms with Gasteiger partial charge in [0.05, 0.1) is 22.8 Å². The Morgan fingerprint density at radius 3 is 1.93 bits per heavy atom. The minimum Gasteiger partial charge on any atom is -0.352 e. The zero-order valence-corrected chi connectivity index (χ0v) is 17.0. The molecule has 4 aromatic rings.